The molecule has 1 aromatic carbocycles. The van der Waals surface area contributed by atoms with E-state index in [-0.39, 0.29) is 11.4 Å². The largest absolute Gasteiger partial charge is 0.417 e. The highest BCUT2D eigenvalue weighted by Gasteiger charge is 2.33. The molecule has 2 nitrogen and oxygen atoms in total. The van der Waals surface area contributed by atoms with Crippen LogP contribution in [0.4, 0.5) is 13.2 Å². The Morgan fingerprint density at radius 1 is 1.20 bits per heavy atom. The minimum atomic E-state index is -4.41. The molecule has 2 N–H and O–H groups in total. The fourth-order valence-electron chi connectivity index (χ4n) is 1.55. The predicted molar refractivity (Wildman–Crippen MR) is 75.4 cm³/mol. The van der Waals surface area contributed by atoms with Gasteiger partial charge in [-0.05, 0) is 45.8 Å². The highest BCUT2D eigenvalue weighted by atomic mass is 79.9. The van der Waals surface area contributed by atoms with Gasteiger partial charge in [-0.25, -0.2) is 4.98 Å². The van der Waals surface area contributed by atoms with Crippen LogP contribution in [-0.2, 0) is 12.7 Å². The molecule has 0 saturated heterocycles. The zero-order valence-electron chi connectivity index (χ0n) is 10.1. The van der Waals surface area contributed by atoms with Crippen molar-refractivity contribution in [2.75, 3.05) is 0 Å². The van der Waals surface area contributed by atoms with Gasteiger partial charge in [0.05, 0.1) is 5.56 Å². The molecule has 0 saturated carbocycles. The van der Waals surface area contributed by atoms with Crippen LogP contribution >= 0.6 is 27.7 Å². The fraction of sp³-hybridized carbons (Fsp3) is 0.154. The third-order valence-electron chi connectivity index (χ3n) is 2.50. The Morgan fingerprint density at radius 3 is 2.50 bits per heavy atom. The number of nitrogens with zero attached hydrogens (tertiary/aromatic N) is 1. The van der Waals surface area contributed by atoms with E-state index in [0.29, 0.717) is 10.6 Å². The lowest BCUT2D eigenvalue weighted by Crippen LogP contribution is -2.09. The van der Waals surface area contributed by atoms with E-state index in [4.69, 9.17) is 5.73 Å². The van der Waals surface area contributed by atoms with Gasteiger partial charge in [-0.15, -0.1) is 0 Å². The van der Waals surface area contributed by atoms with Crippen molar-refractivity contribution in [3.8, 4) is 0 Å². The topological polar surface area (TPSA) is 38.9 Å². The third-order valence-corrected chi connectivity index (χ3v) is 4.00. The van der Waals surface area contributed by atoms with Crippen LogP contribution in [0.3, 0.4) is 0 Å². The first kappa shape index (κ1) is 15.3. The van der Waals surface area contributed by atoms with Gasteiger partial charge >= 0.3 is 6.18 Å². The lowest BCUT2D eigenvalue weighted by Gasteiger charge is -2.13. The second kappa shape index (κ2) is 6.15. The molecule has 0 unspecified atom stereocenters. The first-order chi connectivity index (χ1) is 9.40. The van der Waals surface area contributed by atoms with Crippen LogP contribution in [-0.4, -0.2) is 4.98 Å². The number of aromatic nitrogens is 1. The Labute approximate surface area is 126 Å². The zero-order valence-corrected chi connectivity index (χ0v) is 12.5. The van der Waals surface area contributed by atoms with Crippen LogP contribution < -0.4 is 5.73 Å². The molecule has 106 valence electrons. The van der Waals surface area contributed by atoms with Gasteiger partial charge in [-0.3, -0.25) is 0 Å². The van der Waals surface area contributed by atoms with Crippen LogP contribution in [0.15, 0.2) is 50.9 Å². The van der Waals surface area contributed by atoms with Crippen LogP contribution in [0.2, 0.25) is 0 Å². The smallest absolute Gasteiger partial charge is 0.326 e. The summed E-state index contributed by atoms with van der Waals surface area (Å²) >= 11 is 4.21. The highest BCUT2D eigenvalue weighted by molar-refractivity contribution is 9.10. The van der Waals surface area contributed by atoms with Crippen molar-refractivity contribution in [3.63, 3.8) is 0 Å². The monoisotopic (exact) mass is 362 g/mol. The quantitative estimate of drug-likeness (QED) is 0.875. The predicted octanol–water partition coefficient (Wildman–Crippen LogP) is 4.47. The van der Waals surface area contributed by atoms with Gasteiger partial charge in [0.25, 0.3) is 0 Å². The number of hydrogen-bond acceptors (Lipinski definition) is 3. The number of alkyl halides is 3. The molecule has 0 aliphatic rings. The second-order valence-electron chi connectivity index (χ2n) is 3.95. The average Bonchev–Trinajstić information content (AvgIpc) is 2.40. The number of rotatable bonds is 3. The second-order valence-corrected chi connectivity index (χ2v) is 5.93. The molecule has 0 fully saturated rings. The zero-order chi connectivity index (χ0) is 14.8. The molecule has 2 rings (SSSR count). The van der Waals surface area contributed by atoms with Crippen molar-refractivity contribution in [2.24, 2.45) is 5.73 Å². The van der Waals surface area contributed by atoms with E-state index >= 15 is 0 Å². The fourth-order valence-corrected chi connectivity index (χ4v) is 2.67. The van der Waals surface area contributed by atoms with Gasteiger partial charge in [-0.2, -0.15) is 13.2 Å². The van der Waals surface area contributed by atoms with Crippen LogP contribution in [0.1, 0.15) is 11.1 Å². The lowest BCUT2D eigenvalue weighted by molar-refractivity contribution is -0.139. The van der Waals surface area contributed by atoms with Crippen molar-refractivity contribution >= 4 is 27.7 Å². The summed E-state index contributed by atoms with van der Waals surface area (Å²) in [5.41, 5.74) is 5.15. The SMILES string of the molecule is NCc1ccc(Sc2ccc(Br)cn2)c(C(F)(F)F)c1. The molecular weight excluding hydrogens is 353 g/mol. The van der Waals surface area contributed by atoms with Crippen molar-refractivity contribution in [1.29, 1.82) is 0 Å². The standard InChI is InChI=1S/C13H10BrF3N2S/c14-9-2-4-12(19-7-9)20-11-3-1-8(6-18)5-10(11)13(15,16)17/h1-5,7H,6,18H2. The minimum absolute atomic E-state index is 0.0740. The molecular formula is C13H10BrF3N2S. The van der Waals surface area contributed by atoms with Crippen molar-refractivity contribution in [3.05, 3.63) is 52.1 Å². The summed E-state index contributed by atoms with van der Waals surface area (Å²) in [5.74, 6) is 0. The summed E-state index contributed by atoms with van der Waals surface area (Å²) < 4.78 is 39.9. The summed E-state index contributed by atoms with van der Waals surface area (Å²) in [6.07, 6.45) is -2.87. The van der Waals surface area contributed by atoms with E-state index in [9.17, 15) is 13.2 Å². The van der Waals surface area contributed by atoms with E-state index in [1.54, 1.807) is 24.4 Å². The minimum Gasteiger partial charge on any atom is -0.326 e. The van der Waals surface area contributed by atoms with Crippen LogP contribution in [0.5, 0.6) is 0 Å². The van der Waals surface area contributed by atoms with Crippen LogP contribution in [0, 0.1) is 0 Å². The van der Waals surface area contributed by atoms with Crippen LogP contribution in [0.25, 0.3) is 0 Å². The summed E-state index contributed by atoms with van der Waals surface area (Å²) in [6, 6.07) is 7.50. The van der Waals surface area contributed by atoms with E-state index in [2.05, 4.69) is 20.9 Å². The number of pyridine rings is 1. The Kier molecular flexibility index (Phi) is 4.72. The molecule has 7 heteroatoms. The van der Waals surface area contributed by atoms with Crippen molar-refractivity contribution in [1.82, 2.24) is 4.98 Å². The summed E-state index contributed by atoms with van der Waals surface area (Å²) in [7, 11) is 0. The van der Waals surface area contributed by atoms with Gasteiger partial charge in [-0.1, -0.05) is 17.8 Å². The average molecular weight is 363 g/mol. The molecule has 2 aromatic rings. The first-order valence-electron chi connectivity index (χ1n) is 5.60. The van der Waals surface area contributed by atoms with Gasteiger partial charge in [0.2, 0.25) is 0 Å². The number of nitrogens with two attached hydrogens (primary N) is 1. The molecule has 0 amide bonds. The molecule has 0 atom stereocenters. The Hall–Kier alpha value is -1.05. The molecule has 20 heavy (non-hydrogen) atoms. The molecule has 0 aliphatic carbocycles. The molecule has 1 heterocycles. The first-order valence-corrected chi connectivity index (χ1v) is 7.20. The Balaban J connectivity index is 2.38. The highest BCUT2D eigenvalue weighted by Crippen LogP contribution is 2.39. The van der Waals surface area contributed by atoms with E-state index in [1.165, 1.54) is 6.07 Å². The molecule has 0 spiro atoms. The maximum Gasteiger partial charge on any atom is 0.417 e. The number of hydrogen-bond donors (Lipinski definition) is 1. The third kappa shape index (κ3) is 3.74. The van der Waals surface area contributed by atoms with Gasteiger partial charge < -0.3 is 5.73 Å². The Bertz CT molecular complexity index is 600. The van der Waals surface area contributed by atoms with E-state index in [1.807, 2.05) is 0 Å². The maximum absolute atomic E-state index is 13.0. The molecule has 1 aromatic heterocycles. The normalized spacial score (nSPS) is 11.7. The van der Waals surface area contributed by atoms with Crippen molar-refractivity contribution < 1.29 is 13.2 Å². The van der Waals surface area contributed by atoms with Gasteiger partial charge in [0.15, 0.2) is 0 Å². The molecule has 0 bridgehead atoms. The Morgan fingerprint density at radius 2 is 1.95 bits per heavy atom. The number of benzene rings is 1. The van der Waals surface area contributed by atoms with E-state index in [0.717, 1.165) is 22.3 Å². The summed E-state index contributed by atoms with van der Waals surface area (Å²) in [4.78, 5) is 4.18. The number of halogens is 4. The summed E-state index contributed by atoms with van der Waals surface area (Å²) in [5, 5.41) is 0.499. The van der Waals surface area contributed by atoms with Crippen molar-refractivity contribution in [2.45, 2.75) is 22.6 Å². The summed E-state index contributed by atoms with van der Waals surface area (Å²) in [6.45, 7) is 0.0740. The van der Waals surface area contributed by atoms with Gasteiger partial charge in [0, 0.05) is 22.1 Å². The molecule has 0 radical (unpaired) electrons. The lowest BCUT2D eigenvalue weighted by atomic mass is 10.1. The molecule has 0 aliphatic heterocycles. The maximum atomic E-state index is 13.0. The van der Waals surface area contributed by atoms with E-state index < -0.39 is 11.7 Å². The van der Waals surface area contributed by atoms with Gasteiger partial charge in [0.1, 0.15) is 5.03 Å².